The molecule has 1 aromatic rings. The van der Waals surface area contributed by atoms with Crippen molar-refractivity contribution in [1.29, 1.82) is 0 Å². The van der Waals surface area contributed by atoms with E-state index in [4.69, 9.17) is 4.74 Å². The number of carbonyl (C=O) groups is 3. The third-order valence-electron chi connectivity index (χ3n) is 6.58. The summed E-state index contributed by atoms with van der Waals surface area (Å²) in [5, 5.41) is 15.7. The third kappa shape index (κ3) is 5.19. The van der Waals surface area contributed by atoms with Crippen LogP contribution in [0.2, 0.25) is 0 Å². The van der Waals surface area contributed by atoms with Crippen molar-refractivity contribution in [3.63, 3.8) is 0 Å². The van der Waals surface area contributed by atoms with E-state index in [-0.39, 0.29) is 18.7 Å². The van der Waals surface area contributed by atoms with Gasteiger partial charge in [-0.1, -0.05) is 0 Å². The number of aliphatic hydroxyl groups excluding tert-OH is 1. The zero-order chi connectivity index (χ0) is 23.4. The lowest BCUT2D eigenvalue weighted by Crippen LogP contribution is -2.57. The van der Waals surface area contributed by atoms with Gasteiger partial charge in [-0.15, -0.1) is 0 Å². The van der Waals surface area contributed by atoms with Crippen molar-refractivity contribution in [3.05, 3.63) is 29.3 Å². The molecule has 4 rings (SSSR count). The molecule has 10 nitrogen and oxygen atoms in total. The number of nitrogens with zero attached hydrogens (tertiary/aromatic N) is 3. The summed E-state index contributed by atoms with van der Waals surface area (Å²) in [6.45, 7) is 6.83. The molecule has 1 aromatic carbocycles. The number of fused-ring (bicyclic) bond motifs is 1. The van der Waals surface area contributed by atoms with E-state index in [2.05, 4.69) is 20.4 Å². The topological polar surface area (TPSA) is 114 Å². The molecule has 0 radical (unpaired) electrons. The van der Waals surface area contributed by atoms with E-state index in [1.54, 1.807) is 12.1 Å². The highest BCUT2D eigenvalue weighted by Gasteiger charge is 2.44. The summed E-state index contributed by atoms with van der Waals surface area (Å²) in [7, 11) is 1.94. The number of hydrogen-bond acceptors (Lipinski definition) is 8. The largest absolute Gasteiger partial charge is 0.380 e. The second-order valence-electron chi connectivity index (χ2n) is 8.73. The van der Waals surface area contributed by atoms with Gasteiger partial charge in [-0.3, -0.25) is 24.2 Å². The summed E-state index contributed by atoms with van der Waals surface area (Å²) in [6.07, 6.45) is 0.196. The molecule has 0 bridgehead atoms. The fraction of sp³-hybridized carbons (Fsp3) is 0.609. The van der Waals surface area contributed by atoms with E-state index in [1.165, 1.54) is 0 Å². The number of benzene rings is 1. The average molecular weight is 460 g/mol. The molecule has 3 amide bonds. The fourth-order valence-electron chi connectivity index (χ4n) is 4.66. The number of anilines is 1. The Morgan fingerprint density at radius 2 is 1.85 bits per heavy atom. The maximum absolute atomic E-state index is 13.1. The van der Waals surface area contributed by atoms with Gasteiger partial charge in [0.25, 0.3) is 11.8 Å². The van der Waals surface area contributed by atoms with Gasteiger partial charge in [0.05, 0.1) is 23.8 Å². The summed E-state index contributed by atoms with van der Waals surface area (Å²) in [6, 6.07) is 4.61. The minimum Gasteiger partial charge on any atom is -0.380 e. The number of amides is 3. The van der Waals surface area contributed by atoms with Crippen LogP contribution in [0.1, 0.15) is 40.0 Å². The first kappa shape index (κ1) is 23.6. The predicted molar refractivity (Wildman–Crippen MR) is 122 cm³/mol. The molecule has 0 aromatic heterocycles. The molecule has 3 aliphatic rings. The molecule has 3 heterocycles. The number of rotatable bonds is 9. The van der Waals surface area contributed by atoms with Crippen molar-refractivity contribution in [2.75, 3.05) is 64.4 Å². The Balaban J connectivity index is 1.33. The van der Waals surface area contributed by atoms with Crippen LogP contribution in [0.15, 0.2) is 18.2 Å². The molecule has 3 N–H and O–H groups in total. The molecule has 2 atom stereocenters. The fourth-order valence-corrected chi connectivity index (χ4v) is 4.66. The lowest BCUT2D eigenvalue weighted by atomic mass is 10.0. The van der Waals surface area contributed by atoms with E-state index < -0.39 is 24.1 Å². The average Bonchev–Trinajstić information content (AvgIpc) is 3.06. The second-order valence-corrected chi connectivity index (χ2v) is 8.73. The molecule has 0 spiro atoms. The van der Waals surface area contributed by atoms with Gasteiger partial charge in [-0.25, -0.2) is 0 Å². The Morgan fingerprint density at radius 1 is 1.09 bits per heavy atom. The summed E-state index contributed by atoms with van der Waals surface area (Å²) in [5.41, 5.74) is 1.62. The second kappa shape index (κ2) is 10.6. The number of imide groups is 1. The number of hydrogen-bond donors (Lipinski definition) is 3. The normalized spacial score (nSPS) is 23.8. The van der Waals surface area contributed by atoms with E-state index >= 15 is 0 Å². The molecule has 180 valence electrons. The number of nitrogens with one attached hydrogen (secondary N) is 2. The van der Waals surface area contributed by atoms with E-state index in [0.717, 1.165) is 69.5 Å². The van der Waals surface area contributed by atoms with Gasteiger partial charge in [0.2, 0.25) is 5.91 Å². The number of aliphatic hydroxyl groups is 1. The zero-order valence-electron chi connectivity index (χ0n) is 19.1. The van der Waals surface area contributed by atoms with Crippen molar-refractivity contribution in [3.8, 4) is 0 Å². The number of piperidine rings is 1. The highest BCUT2D eigenvalue weighted by molar-refractivity contribution is 6.22. The summed E-state index contributed by atoms with van der Waals surface area (Å²) in [4.78, 5) is 43.2. The SMILES string of the molecule is CNCCCOCCN1CCN(c2ccc3c(c2)C(=O)N(C2CCC(=O)NC2O)C3=O)CC1. The van der Waals surface area contributed by atoms with Gasteiger partial charge in [0.1, 0.15) is 6.23 Å². The van der Waals surface area contributed by atoms with Gasteiger partial charge in [0, 0.05) is 51.4 Å². The number of ether oxygens (including phenoxy) is 1. The molecule has 0 saturated carbocycles. The number of piperazine rings is 1. The first-order valence-electron chi connectivity index (χ1n) is 11.7. The van der Waals surface area contributed by atoms with Gasteiger partial charge in [-0.2, -0.15) is 0 Å². The molecule has 2 fully saturated rings. The quantitative estimate of drug-likeness (QED) is 0.339. The van der Waals surface area contributed by atoms with Crippen LogP contribution in [0.4, 0.5) is 5.69 Å². The summed E-state index contributed by atoms with van der Waals surface area (Å²) in [5.74, 6) is -1.11. The molecule has 0 aliphatic carbocycles. The smallest absolute Gasteiger partial charge is 0.262 e. The molecule has 33 heavy (non-hydrogen) atoms. The maximum atomic E-state index is 13.1. The summed E-state index contributed by atoms with van der Waals surface area (Å²) >= 11 is 0. The van der Waals surface area contributed by atoms with E-state index in [9.17, 15) is 19.5 Å². The molecular weight excluding hydrogens is 426 g/mol. The van der Waals surface area contributed by atoms with Crippen LogP contribution in [0, 0.1) is 0 Å². The Bertz CT molecular complexity index is 886. The molecule has 3 aliphatic heterocycles. The van der Waals surface area contributed by atoms with Gasteiger partial charge in [-0.05, 0) is 44.6 Å². The predicted octanol–water partition coefficient (Wildman–Crippen LogP) is -0.372. The number of carbonyl (C=O) groups excluding carboxylic acids is 3. The van der Waals surface area contributed by atoms with Crippen LogP contribution in [0.5, 0.6) is 0 Å². The zero-order valence-corrected chi connectivity index (χ0v) is 19.1. The van der Waals surface area contributed by atoms with Crippen LogP contribution < -0.4 is 15.5 Å². The van der Waals surface area contributed by atoms with Crippen molar-refractivity contribution < 1.29 is 24.2 Å². The molecular formula is C23H33N5O5. The van der Waals surface area contributed by atoms with Gasteiger partial charge >= 0.3 is 0 Å². The Kier molecular flexibility index (Phi) is 7.59. The Hall–Kier alpha value is -2.53. The highest BCUT2D eigenvalue weighted by atomic mass is 16.5. The minimum atomic E-state index is -1.24. The lowest BCUT2D eigenvalue weighted by molar-refractivity contribution is -0.129. The Morgan fingerprint density at radius 3 is 2.58 bits per heavy atom. The Labute approximate surface area is 193 Å². The van der Waals surface area contributed by atoms with Crippen LogP contribution in [-0.2, 0) is 9.53 Å². The maximum Gasteiger partial charge on any atom is 0.262 e. The van der Waals surface area contributed by atoms with Crippen LogP contribution in [0.25, 0.3) is 0 Å². The van der Waals surface area contributed by atoms with Crippen molar-refractivity contribution in [2.24, 2.45) is 0 Å². The van der Waals surface area contributed by atoms with E-state index in [1.807, 2.05) is 13.1 Å². The third-order valence-corrected chi connectivity index (χ3v) is 6.58. The first-order chi connectivity index (χ1) is 16.0. The van der Waals surface area contributed by atoms with Crippen LogP contribution in [0.3, 0.4) is 0 Å². The van der Waals surface area contributed by atoms with Crippen molar-refractivity contribution in [1.82, 2.24) is 20.4 Å². The first-order valence-corrected chi connectivity index (χ1v) is 11.7. The van der Waals surface area contributed by atoms with Crippen molar-refractivity contribution >= 4 is 23.4 Å². The van der Waals surface area contributed by atoms with Crippen molar-refractivity contribution in [2.45, 2.75) is 31.5 Å². The molecule has 2 saturated heterocycles. The summed E-state index contributed by atoms with van der Waals surface area (Å²) < 4.78 is 5.69. The standard InChI is InChI=1S/C23H33N5O5/c1-24-7-2-13-33-14-12-26-8-10-27(11-9-26)16-3-4-17-18(15-16)23(32)28(22(17)31)19-5-6-20(29)25-21(19)30/h3-4,15,19,21,24,30H,2,5-14H2,1H3,(H,25,29). The lowest BCUT2D eigenvalue weighted by Gasteiger charge is -2.36. The molecule has 2 unspecified atom stereocenters. The van der Waals surface area contributed by atoms with Crippen LogP contribution in [-0.4, -0.2) is 104 Å². The van der Waals surface area contributed by atoms with E-state index in [0.29, 0.717) is 11.1 Å². The highest BCUT2D eigenvalue weighted by Crippen LogP contribution is 2.31. The van der Waals surface area contributed by atoms with Gasteiger partial charge in [0.15, 0.2) is 0 Å². The molecule has 10 heteroatoms. The van der Waals surface area contributed by atoms with Gasteiger partial charge < -0.3 is 25.4 Å². The monoisotopic (exact) mass is 459 g/mol. The van der Waals surface area contributed by atoms with Crippen LogP contribution >= 0.6 is 0 Å². The minimum absolute atomic E-state index is 0.172.